The number of hydrogen-bond acceptors (Lipinski definition) is 4. The molecule has 1 aliphatic heterocycles. The molecule has 0 N–H and O–H groups in total. The van der Waals surface area contributed by atoms with Gasteiger partial charge in [-0.1, -0.05) is 48.0 Å². The van der Waals surface area contributed by atoms with Crippen molar-refractivity contribution in [3.63, 3.8) is 0 Å². The highest BCUT2D eigenvalue weighted by molar-refractivity contribution is 7.88. The molecule has 0 unspecified atom stereocenters. The second-order valence-corrected chi connectivity index (χ2v) is 9.26. The standard InChI is InChI=1S/C22H28N2O4S/c1-19-9-11-21(12-10-19)28-17-5-8-22(25)23-13-15-24(16-14-23)29(26,27)18-20-6-3-2-4-7-20/h2-4,6-7,9-12H,5,8,13-18H2,1H3. The Labute approximate surface area is 173 Å². The number of hydrogen-bond donors (Lipinski definition) is 0. The Morgan fingerprint density at radius 3 is 2.28 bits per heavy atom. The topological polar surface area (TPSA) is 66.9 Å². The minimum Gasteiger partial charge on any atom is -0.494 e. The summed E-state index contributed by atoms with van der Waals surface area (Å²) in [6, 6.07) is 17.0. The third kappa shape index (κ3) is 6.30. The third-order valence-corrected chi connectivity index (χ3v) is 6.85. The molecule has 0 spiro atoms. The molecule has 156 valence electrons. The zero-order valence-electron chi connectivity index (χ0n) is 16.8. The Bertz CT molecular complexity index is 890. The van der Waals surface area contributed by atoms with Crippen molar-refractivity contribution in [1.29, 1.82) is 0 Å². The molecular weight excluding hydrogens is 388 g/mol. The summed E-state index contributed by atoms with van der Waals surface area (Å²) >= 11 is 0. The van der Waals surface area contributed by atoms with Gasteiger partial charge in [-0.15, -0.1) is 0 Å². The van der Waals surface area contributed by atoms with Crippen LogP contribution in [-0.2, 0) is 20.6 Å². The van der Waals surface area contributed by atoms with Crippen LogP contribution in [0.15, 0.2) is 54.6 Å². The van der Waals surface area contributed by atoms with Crippen molar-refractivity contribution in [2.45, 2.75) is 25.5 Å². The predicted octanol–water partition coefficient (Wildman–Crippen LogP) is 2.83. The van der Waals surface area contributed by atoms with Gasteiger partial charge in [-0.25, -0.2) is 8.42 Å². The molecule has 0 saturated carbocycles. The number of aryl methyl sites for hydroxylation is 1. The van der Waals surface area contributed by atoms with E-state index in [4.69, 9.17) is 4.74 Å². The SMILES string of the molecule is Cc1ccc(OCCCC(=O)N2CCN(S(=O)(=O)Cc3ccccc3)CC2)cc1. The van der Waals surface area contributed by atoms with Gasteiger partial charge >= 0.3 is 0 Å². The largest absolute Gasteiger partial charge is 0.494 e. The first-order valence-corrected chi connectivity index (χ1v) is 11.5. The summed E-state index contributed by atoms with van der Waals surface area (Å²) in [7, 11) is -3.36. The maximum absolute atomic E-state index is 12.6. The van der Waals surface area contributed by atoms with Crippen molar-refractivity contribution < 1.29 is 17.9 Å². The molecule has 1 fully saturated rings. The number of sulfonamides is 1. The van der Waals surface area contributed by atoms with E-state index in [0.717, 1.165) is 11.3 Å². The Morgan fingerprint density at radius 2 is 1.62 bits per heavy atom. The lowest BCUT2D eigenvalue weighted by molar-refractivity contribution is -0.132. The molecule has 6 nitrogen and oxygen atoms in total. The van der Waals surface area contributed by atoms with E-state index >= 15 is 0 Å². The van der Waals surface area contributed by atoms with E-state index in [-0.39, 0.29) is 11.7 Å². The van der Waals surface area contributed by atoms with Crippen molar-refractivity contribution in [2.24, 2.45) is 0 Å². The van der Waals surface area contributed by atoms with Gasteiger partial charge in [0.2, 0.25) is 15.9 Å². The molecule has 2 aromatic rings. The molecule has 0 aliphatic carbocycles. The van der Waals surface area contributed by atoms with Crippen LogP contribution in [-0.4, -0.2) is 56.3 Å². The van der Waals surface area contributed by atoms with Crippen molar-refractivity contribution >= 4 is 15.9 Å². The highest BCUT2D eigenvalue weighted by Gasteiger charge is 2.28. The number of amides is 1. The Balaban J connectivity index is 1.39. The zero-order valence-corrected chi connectivity index (χ0v) is 17.6. The maximum Gasteiger partial charge on any atom is 0.222 e. The second-order valence-electron chi connectivity index (χ2n) is 7.29. The zero-order chi connectivity index (χ0) is 20.7. The maximum atomic E-state index is 12.6. The fourth-order valence-corrected chi connectivity index (χ4v) is 4.81. The van der Waals surface area contributed by atoms with Crippen molar-refractivity contribution in [3.8, 4) is 5.75 Å². The second kappa shape index (κ2) is 9.89. The normalized spacial score (nSPS) is 15.3. The van der Waals surface area contributed by atoms with Gasteiger partial charge < -0.3 is 9.64 Å². The van der Waals surface area contributed by atoms with Crippen LogP contribution in [0.2, 0.25) is 0 Å². The van der Waals surface area contributed by atoms with Crippen molar-refractivity contribution in [3.05, 3.63) is 65.7 Å². The fraction of sp³-hybridized carbons (Fsp3) is 0.409. The third-order valence-electron chi connectivity index (χ3n) is 5.00. The monoisotopic (exact) mass is 416 g/mol. The van der Waals surface area contributed by atoms with E-state index in [0.29, 0.717) is 45.6 Å². The molecule has 0 bridgehead atoms. The van der Waals surface area contributed by atoms with Crippen molar-refractivity contribution in [2.75, 3.05) is 32.8 Å². The quantitative estimate of drug-likeness (QED) is 0.621. The summed E-state index contributed by atoms with van der Waals surface area (Å²) in [6.45, 7) is 4.08. The van der Waals surface area contributed by atoms with Gasteiger partial charge in [-0.05, 0) is 31.0 Å². The molecule has 0 atom stereocenters. The van der Waals surface area contributed by atoms with Crippen LogP contribution < -0.4 is 4.74 Å². The summed E-state index contributed by atoms with van der Waals surface area (Å²) in [5.41, 5.74) is 1.96. The van der Waals surface area contributed by atoms with Crippen LogP contribution >= 0.6 is 0 Å². The predicted molar refractivity (Wildman–Crippen MR) is 113 cm³/mol. The van der Waals surface area contributed by atoms with Crippen LogP contribution in [0, 0.1) is 6.92 Å². The van der Waals surface area contributed by atoms with Crippen LogP contribution in [0.4, 0.5) is 0 Å². The number of rotatable bonds is 8. The van der Waals surface area contributed by atoms with Gasteiger partial charge in [0, 0.05) is 32.6 Å². The van der Waals surface area contributed by atoms with Gasteiger partial charge in [0.1, 0.15) is 5.75 Å². The molecule has 0 radical (unpaired) electrons. The van der Waals surface area contributed by atoms with Crippen LogP contribution in [0.5, 0.6) is 5.75 Å². The number of ether oxygens (including phenoxy) is 1. The Kier molecular flexibility index (Phi) is 7.28. The van der Waals surface area contributed by atoms with Gasteiger partial charge in [-0.2, -0.15) is 4.31 Å². The van der Waals surface area contributed by atoms with Gasteiger partial charge in [0.25, 0.3) is 0 Å². The molecule has 7 heteroatoms. The van der Waals surface area contributed by atoms with Crippen LogP contribution in [0.25, 0.3) is 0 Å². The first kappa shape index (κ1) is 21.3. The number of piperazine rings is 1. The lowest BCUT2D eigenvalue weighted by atomic mass is 10.2. The van der Waals surface area contributed by atoms with Crippen LogP contribution in [0.1, 0.15) is 24.0 Å². The first-order valence-electron chi connectivity index (χ1n) is 9.93. The molecule has 1 aliphatic rings. The lowest BCUT2D eigenvalue weighted by Gasteiger charge is -2.34. The van der Waals surface area contributed by atoms with E-state index in [9.17, 15) is 13.2 Å². The molecule has 1 amide bonds. The average Bonchev–Trinajstić information content (AvgIpc) is 2.73. The summed E-state index contributed by atoms with van der Waals surface area (Å²) < 4.78 is 32.4. The van der Waals surface area contributed by atoms with Gasteiger partial charge in [-0.3, -0.25) is 4.79 Å². The van der Waals surface area contributed by atoms with E-state index in [2.05, 4.69) is 0 Å². The van der Waals surface area contributed by atoms with E-state index in [1.54, 1.807) is 4.90 Å². The molecule has 1 heterocycles. The fourth-order valence-electron chi connectivity index (χ4n) is 3.30. The molecular formula is C22H28N2O4S. The smallest absolute Gasteiger partial charge is 0.222 e. The molecule has 29 heavy (non-hydrogen) atoms. The minimum atomic E-state index is -3.36. The highest BCUT2D eigenvalue weighted by Crippen LogP contribution is 2.15. The summed E-state index contributed by atoms with van der Waals surface area (Å²) in [5.74, 6) is 0.857. The summed E-state index contributed by atoms with van der Waals surface area (Å²) in [6.07, 6.45) is 1.04. The Hall–Kier alpha value is -2.38. The first-order chi connectivity index (χ1) is 13.9. The molecule has 2 aromatic carbocycles. The number of nitrogens with zero attached hydrogens (tertiary/aromatic N) is 2. The molecule has 3 rings (SSSR count). The lowest BCUT2D eigenvalue weighted by Crippen LogP contribution is -2.50. The van der Waals surface area contributed by atoms with Gasteiger partial charge in [0.05, 0.1) is 12.4 Å². The molecule has 1 saturated heterocycles. The molecule has 0 aromatic heterocycles. The van der Waals surface area contributed by atoms with Gasteiger partial charge in [0.15, 0.2) is 0 Å². The highest BCUT2D eigenvalue weighted by atomic mass is 32.2. The van der Waals surface area contributed by atoms with Crippen molar-refractivity contribution in [1.82, 2.24) is 9.21 Å². The van der Waals surface area contributed by atoms with E-state index in [1.165, 1.54) is 9.87 Å². The average molecular weight is 417 g/mol. The number of carbonyl (C=O) groups is 1. The van der Waals surface area contributed by atoms with Crippen LogP contribution in [0.3, 0.4) is 0 Å². The minimum absolute atomic E-state index is 0.00185. The summed E-state index contributed by atoms with van der Waals surface area (Å²) in [4.78, 5) is 14.2. The number of carbonyl (C=O) groups excluding carboxylic acids is 1. The summed E-state index contributed by atoms with van der Waals surface area (Å²) in [5, 5.41) is 0. The van der Waals surface area contributed by atoms with E-state index in [1.807, 2.05) is 61.5 Å². The number of benzene rings is 2. The van der Waals surface area contributed by atoms with E-state index < -0.39 is 10.0 Å². The Morgan fingerprint density at radius 1 is 0.966 bits per heavy atom.